The highest BCUT2D eigenvalue weighted by Gasteiger charge is 2.52. The van der Waals surface area contributed by atoms with Gasteiger partial charge in [-0.05, 0) is 79.2 Å². The third-order valence-corrected chi connectivity index (χ3v) is 12.2. The SMILES string of the molecule is COC(=O)N[C@H](C(=O)N1CCC[C@H]1c1ncc(-c2ccc(-c3ccc(-c4cnc([C@@H]5C6CCC(C6)C5C(=O)NCc5cccnc5O)[nH]4)cc3)cc2)[nH]1)[C@@H](C)OC. The van der Waals surface area contributed by atoms with Gasteiger partial charge in [0, 0.05) is 37.9 Å². The number of likely N-dealkylation sites (tertiary alicyclic amines) is 1. The number of benzene rings is 2. The lowest BCUT2D eigenvalue weighted by molar-refractivity contribution is -0.137. The number of ether oxygens (including phenoxy) is 2. The van der Waals surface area contributed by atoms with Crippen LogP contribution in [0.15, 0.2) is 79.3 Å². The quantitative estimate of drug-likeness (QED) is 0.0999. The number of rotatable bonds is 12. The van der Waals surface area contributed by atoms with E-state index in [-0.39, 0.29) is 42.1 Å². The zero-order valence-corrected chi connectivity index (χ0v) is 32.3. The number of imidazole rings is 2. The first-order chi connectivity index (χ1) is 27.7. The molecule has 0 radical (unpaired) electrons. The smallest absolute Gasteiger partial charge is 0.407 e. The Bertz CT molecular complexity index is 2220. The Morgan fingerprint density at radius 1 is 0.860 bits per heavy atom. The number of aromatic nitrogens is 5. The molecule has 3 aliphatic rings. The van der Waals surface area contributed by atoms with Gasteiger partial charge in [0.25, 0.3) is 0 Å². The van der Waals surface area contributed by atoms with E-state index >= 15 is 0 Å². The maximum Gasteiger partial charge on any atom is 0.407 e. The summed E-state index contributed by atoms with van der Waals surface area (Å²) in [4.78, 5) is 61.3. The van der Waals surface area contributed by atoms with Crippen molar-refractivity contribution in [3.05, 3.63) is 96.5 Å². The Balaban J connectivity index is 0.918. The van der Waals surface area contributed by atoms with E-state index in [0.717, 1.165) is 71.6 Å². The fourth-order valence-corrected chi connectivity index (χ4v) is 9.12. The van der Waals surface area contributed by atoms with Crippen LogP contribution in [0.3, 0.4) is 0 Å². The van der Waals surface area contributed by atoms with Crippen LogP contribution < -0.4 is 10.6 Å². The molecule has 3 unspecified atom stereocenters. The zero-order valence-electron chi connectivity index (χ0n) is 32.3. The largest absolute Gasteiger partial charge is 0.493 e. The predicted octanol–water partition coefficient (Wildman–Crippen LogP) is 6.10. The minimum Gasteiger partial charge on any atom is -0.493 e. The maximum absolute atomic E-state index is 13.6. The average molecular weight is 773 g/mol. The second kappa shape index (κ2) is 16.2. The summed E-state index contributed by atoms with van der Waals surface area (Å²) in [7, 11) is 2.76. The van der Waals surface area contributed by atoms with Gasteiger partial charge in [0.05, 0.1) is 49.0 Å². The molecule has 3 fully saturated rings. The van der Waals surface area contributed by atoms with Crippen LogP contribution in [0.25, 0.3) is 33.6 Å². The number of methoxy groups -OCH3 is 2. The Kier molecular flexibility index (Phi) is 10.8. The molecule has 2 aromatic carbocycles. The van der Waals surface area contributed by atoms with Crippen molar-refractivity contribution in [3.63, 3.8) is 0 Å². The summed E-state index contributed by atoms with van der Waals surface area (Å²) >= 11 is 0. The summed E-state index contributed by atoms with van der Waals surface area (Å²) in [6, 6.07) is 19.0. The first-order valence-corrected chi connectivity index (χ1v) is 19.6. The molecular weight excluding hydrogens is 725 g/mol. The van der Waals surface area contributed by atoms with Gasteiger partial charge in [-0.2, -0.15) is 0 Å². The topological polar surface area (TPSA) is 187 Å². The fraction of sp³-hybridized carbons (Fsp3) is 0.395. The molecule has 5 aromatic rings. The molecular formula is C43H48N8O6. The molecule has 7 atom stereocenters. The first-order valence-electron chi connectivity index (χ1n) is 19.6. The molecule has 2 saturated carbocycles. The molecule has 2 aliphatic carbocycles. The third kappa shape index (κ3) is 7.61. The summed E-state index contributed by atoms with van der Waals surface area (Å²) in [5.74, 6) is 1.85. The van der Waals surface area contributed by atoms with Gasteiger partial charge in [-0.1, -0.05) is 54.6 Å². The van der Waals surface area contributed by atoms with Gasteiger partial charge >= 0.3 is 6.09 Å². The second-order valence-electron chi connectivity index (χ2n) is 15.4. The minimum atomic E-state index is -0.891. The Labute approximate surface area is 330 Å². The van der Waals surface area contributed by atoms with Gasteiger partial charge < -0.3 is 40.1 Å². The summed E-state index contributed by atoms with van der Waals surface area (Å²) in [6.45, 7) is 2.52. The van der Waals surface area contributed by atoms with Crippen molar-refractivity contribution < 1.29 is 29.0 Å². The van der Waals surface area contributed by atoms with E-state index in [9.17, 15) is 19.5 Å². The van der Waals surface area contributed by atoms with Crippen molar-refractivity contribution in [2.75, 3.05) is 20.8 Å². The number of carbonyl (C=O) groups is 3. The molecule has 296 valence electrons. The van der Waals surface area contributed by atoms with Crippen LogP contribution in [0, 0.1) is 17.8 Å². The van der Waals surface area contributed by atoms with Crippen LogP contribution >= 0.6 is 0 Å². The van der Waals surface area contributed by atoms with E-state index in [2.05, 4.69) is 79.1 Å². The number of hydrogen-bond acceptors (Lipinski definition) is 9. The number of H-pyrrole nitrogens is 2. The van der Waals surface area contributed by atoms with Gasteiger partial charge in [0.1, 0.15) is 17.7 Å². The summed E-state index contributed by atoms with van der Waals surface area (Å²) in [6.07, 6.45) is 8.68. The van der Waals surface area contributed by atoms with Crippen LogP contribution in [0.4, 0.5) is 4.79 Å². The third-order valence-electron chi connectivity index (χ3n) is 12.2. The molecule has 3 amide bonds. The number of nitrogens with zero attached hydrogens (tertiary/aromatic N) is 4. The van der Waals surface area contributed by atoms with Crippen LogP contribution in [0.5, 0.6) is 5.88 Å². The lowest BCUT2D eigenvalue weighted by atomic mass is 9.78. The molecule has 2 bridgehead atoms. The molecule has 1 aliphatic heterocycles. The van der Waals surface area contributed by atoms with Crippen molar-refractivity contribution in [1.29, 1.82) is 0 Å². The molecule has 57 heavy (non-hydrogen) atoms. The van der Waals surface area contributed by atoms with E-state index in [1.807, 2.05) is 6.20 Å². The number of nitrogens with one attached hydrogen (secondary N) is 4. The van der Waals surface area contributed by atoms with E-state index in [1.165, 1.54) is 20.4 Å². The van der Waals surface area contributed by atoms with Crippen molar-refractivity contribution in [3.8, 4) is 39.5 Å². The predicted molar refractivity (Wildman–Crippen MR) is 211 cm³/mol. The van der Waals surface area contributed by atoms with Gasteiger partial charge in [-0.3, -0.25) is 9.59 Å². The number of carbonyl (C=O) groups excluding carboxylic acids is 3. The van der Waals surface area contributed by atoms with Crippen LogP contribution in [0.1, 0.15) is 68.2 Å². The maximum atomic E-state index is 13.6. The number of amides is 3. The summed E-state index contributed by atoms with van der Waals surface area (Å²) in [5, 5.41) is 15.8. The second-order valence-corrected chi connectivity index (χ2v) is 15.4. The minimum absolute atomic E-state index is 0.00152. The summed E-state index contributed by atoms with van der Waals surface area (Å²) < 4.78 is 10.1. The van der Waals surface area contributed by atoms with E-state index < -0.39 is 18.2 Å². The average Bonchev–Trinajstić information content (AvgIpc) is 4.10. The lowest BCUT2D eigenvalue weighted by Crippen LogP contribution is -2.54. The van der Waals surface area contributed by atoms with Gasteiger partial charge in [0.15, 0.2) is 0 Å². The summed E-state index contributed by atoms with van der Waals surface area (Å²) in [5.41, 5.74) is 6.47. The Hall–Kier alpha value is -6.02. The van der Waals surface area contributed by atoms with Crippen molar-refractivity contribution in [2.45, 2.75) is 69.7 Å². The van der Waals surface area contributed by atoms with Crippen molar-refractivity contribution >= 4 is 17.9 Å². The van der Waals surface area contributed by atoms with Crippen molar-refractivity contribution in [1.82, 2.24) is 40.5 Å². The van der Waals surface area contributed by atoms with E-state index in [4.69, 9.17) is 14.5 Å². The molecule has 14 heteroatoms. The first kappa shape index (κ1) is 37.9. The van der Waals surface area contributed by atoms with E-state index in [1.54, 1.807) is 30.2 Å². The molecule has 0 spiro atoms. The number of alkyl carbamates (subject to hydrolysis) is 1. The van der Waals surface area contributed by atoms with Crippen LogP contribution in [0.2, 0.25) is 0 Å². The Morgan fingerprint density at radius 3 is 2.14 bits per heavy atom. The highest BCUT2D eigenvalue weighted by atomic mass is 16.5. The molecule has 1 saturated heterocycles. The van der Waals surface area contributed by atoms with Crippen LogP contribution in [-0.2, 0) is 25.6 Å². The number of aromatic hydroxyl groups is 1. The lowest BCUT2D eigenvalue weighted by Gasteiger charge is -2.30. The van der Waals surface area contributed by atoms with Gasteiger partial charge in [-0.15, -0.1) is 0 Å². The molecule has 4 heterocycles. The zero-order chi connectivity index (χ0) is 39.6. The van der Waals surface area contributed by atoms with Gasteiger partial charge in [0.2, 0.25) is 17.7 Å². The van der Waals surface area contributed by atoms with E-state index in [0.29, 0.717) is 29.8 Å². The molecule has 8 rings (SSSR count). The molecule has 5 N–H and O–H groups in total. The van der Waals surface area contributed by atoms with Gasteiger partial charge in [-0.25, -0.2) is 19.7 Å². The normalized spacial score (nSPS) is 22.3. The fourth-order valence-electron chi connectivity index (χ4n) is 9.12. The number of aromatic amines is 2. The highest BCUT2D eigenvalue weighted by molar-refractivity contribution is 5.87. The molecule has 14 nitrogen and oxygen atoms in total. The standard InChI is InChI=1S/C43H48N8O6/c1-24(56-2)37(50-43(55)57-3)42(54)51-19-5-7-34(51)38-45-22-32(48-38)27-12-8-25(9-13-27)26-10-14-28(15-11-26)33-23-46-39(49-33)35-29-16-17-30(20-29)36(35)41(53)47-21-31-6-4-18-44-40(31)52/h4,6,8-15,18,22-24,29-30,34-37H,5,7,16-17,19-21H2,1-3H3,(H,44,52)(H,45,48)(H,46,49)(H,47,53)(H,50,55)/t24-,29?,30?,34+,35-,36?,37+/m1/s1. The molecule has 3 aromatic heterocycles. The Morgan fingerprint density at radius 2 is 1.49 bits per heavy atom. The number of hydrogen-bond donors (Lipinski definition) is 5. The number of pyridine rings is 1. The highest BCUT2D eigenvalue weighted by Crippen LogP contribution is 2.56. The van der Waals surface area contributed by atoms with Crippen LogP contribution in [-0.4, -0.2) is 85.7 Å². The van der Waals surface area contributed by atoms with Crippen molar-refractivity contribution in [2.24, 2.45) is 17.8 Å². The monoisotopic (exact) mass is 772 g/mol. The number of fused-ring (bicyclic) bond motifs is 2.